The lowest BCUT2D eigenvalue weighted by atomic mass is 10.0. The van der Waals surface area contributed by atoms with Crippen LogP contribution in [-0.2, 0) is 9.59 Å². The summed E-state index contributed by atoms with van der Waals surface area (Å²) in [4.78, 5) is 27.1. The van der Waals surface area contributed by atoms with E-state index in [2.05, 4.69) is 10.6 Å². The van der Waals surface area contributed by atoms with Gasteiger partial charge in [-0.05, 0) is 49.9 Å². The molecular formula is C22H25N3O3. The summed E-state index contributed by atoms with van der Waals surface area (Å²) in [5.74, 6) is 0.544. The molecule has 6 nitrogen and oxygen atoms in total. The van der Waals surface area contributed by atoms with Crippen LogP contribution in [0.25, 0.3) is 0 Å². The molecule has 1 fully saturated rings. The van der Waals surface area contributed by atoms with Gasteiger partial charge in [-0.25, -0.2) is 0 Å². The summed E-state index contributed by atoms with van der Waals surface area (Å²) in [6.45, 7) is 3.32. The molecule has 2 heterocycles. The van der Waals surface area contributed by atoms with Gasteiger partial charge in [-0.2, -0.15) is 0 Å². The number of carbonyl (C=O) groups excluding carboxylic acids is 2. The van der Waals surface area contributed by atoms with Gasteiger partial charge in [0.25, 0.3) is 5.91 Å². The highest BCUT2D eigenvalue weighted by molar-refractivity contribution is 5.98. The Morgan fingerprint density at radius 1 is 1.14 bits per heavy atom. The van der Waals surface area contributed by atoms with Gasteiger partial charge in [-0.15, -0.1) is 0 Å². The molecular weight excluding hydrogens is 354 g/mol. The van der Waals surface area contributed by atoms with Crippen molar-refractivity contribution in [1.29, 1.82) is 0 Å². The molecule has 2 aromatic rings. The second-order valence-electron chi connectivity index (χ2n) is 7.33. The van der Waals surface area contributed by atoms with E-state index >= 15 is 0 Å². The van der Waals surface area contributed by atoms with Crippen molar-refractivity contribution in [2.45, 2.75) is 38.3 Å². The standard InChI is InChI=1S/C22H25N3O3/c1-15-21(26)24-18-14-17(10-11-19(18)28-15)23-20(16-8-4-2-5-9-16)22(27)25-12-6-3-7-13-25/h2,4-5,8-11,14-15,20,23H,3,6-7,12-13H2,1H3,(H,24,26)/t15-,20+/m1/s1. The van der Waals surface area contributed by atoms with Crippen molar-refractivity contribution in [3.63, 3.8) is 0 Å². The molecule has 0 saturated carbocycles. The SMILES string of the molecule is C[C@H]1Oc2ccc(N[C@H](C(=O)N3CCCCC3)c3ccccc3)cc2NC1=O. The number of nitrogens with one attached hydrogen (secondary N) is 2. The summed E-state index contributed by atoms with van der Waals surface area (Å²) in [6, 6.07) is 14.8. The maximum Gasteiger partial charge on any atom is 0.265 e. The first kappa shape index (κ1) is 18.3. The average Bonchev–Trinajstić information content (AvgIpc) is 2.74. The number of likely N-dealkylation sites (tertiary alicyclic amines) is 1. The van der Waals surface area contributed by atoms with Crippen molar-refractivity contribution in [1.82, 2.24) is 4.90 Å². The van der Waals surface area contributed by atoms with E-state index in [1.54, 1.807) is 6.92 Å². The lowest BCUT2D eigenvalue weighted by molar-refractivity contribution is -0.133. The summed E-state index contributed by atoms with van der Waals surface area (Å²) in [5, 5.41) is 6.23. The van der Waals surface area contributed by atoms with Gasteiger partial charge in [-0.3, -0.25) is 9.59 Å². The van der Waals surface area contributed by atoms with Crippen LogP contribution in [0.15, 0.2) is 48.5 Å². The lowest BCUT2D eigenvalue weighted by Gasteiger charge is -2.31. The molecule has 0 aliphatic carbocycles. The predicted molar refractivity (Wildman–Crippen MR) is 108 cm³/mol. The van der Waals surface area contributed by atoms with Crippen LogP contribution in [0.5, 0.6) is 5.75 Å². The zero-order chi connectivity index (χ0) is 19.5. The highest BCUT2D eigenvalue weighted by Crippen LogP contribution is 2.33. The Hall–Kier alpha value is -3.02. The highest BCUT2D eigenvalue weighted by atomic mass is 16.5. The van der Waals surface area contributed by atoms with Crippen LogP contribution in [0.2, 0.25) is 0 Å². The summed E-state index contributed by atoms with van der Waals surface area (Å²) < 4.78 is 5.62. The third-order valence-corrected chi connectivity index (χ3v) is 5.27. The van der Waals surface area contributed by atoms with E-state index in [1.807, 2.05) is 53.4 Å². The van der Waals surface area contributed by atoms with E-state index in [0.29, 0.717) is 11.4 Å². The molecule has 0 radical (unpaired) electrons. The lowest BCUT2D eigenvalue weighted by Crippen LogP contribution is -2.41. The second-order valence-corrected chi connectivity index (χ2v) is 7.33. The van der Waals surface area contributed by atoms with E-state index in [9.17, 15) is 9.59 Å². The molecule has 2 aliphatic heterocycles. The summed E-state index contributed by atoms with van der Waals surface area (Å²) >= 11 is 0. The zero-order valence-electron chi connectivity index (χ0n) is 16.0. The number of amides is 2. The Balaban J connectivity index is 1.60. The van der Waals surface area contributed by atoms with E-state index in [0.717, 1.165) is 37.2 Å². The number of benzene rings is 2. The molecule has 2 aromatic carbocycles. The Morgan fingerprint density at radius 2 is 1.89 bits per heavy atom. The van der Waals surface area contributed by atoms with Crippen LogP contribution in [0.4, 0.5) is 11.4 Å². The van der Waals surface area contributed by atoms with Gasteiger partial charge in [0.05, 0.1) is 5.69 Å². The highest BCUT2D eigenvalue weighted by Gasteiger charge is 2.28. The van der Waals surface area contributed by atoms with Gasteiger partial charge in [0.2, 0.25) is 5.91 Å². The molecule has 0 bridgehead atoms. The van der Waals surface area contributed by atoms with Crippen molar-refractivity contribution in [3.05, 3.63) is 54.1 Å². The van der Waals surface area contributed by atoms with Crippen LogP contribution in [0.3, 0.4) is 0 Å². The van der Waals surface area contributed by atoms with Crippen LogP contribution < -0.4 is 15.4 Å². The predicted octanol–water partition coefficient (Wildman–Crippen LogP) is 3.57. The normalized spacial score (nSPS) is 19.8. The monoisotopic (exact) mass is 379 g/mol. The van der Waals surface area contributed by atoms with Crippen molar-refractivity contribution in [2.24, 2.45) is 0 Å². The number of hydrogen-bond donors (Lipinski definition) is 2. The first-order chi connectivity index (χ1) is 13.6. The van der Waals surface area contributed by atoms with Crippen molar-refractivity contribution in [2.75, 3.05) is 23.7 Å². The first-order valence-electron chi connectivity index (χ1n) is 9.83. The number of rotatable bonds is 4. The molecule has 6 heteroatoms. The number of nitrogens with zero attached hydrogens (tertiary/aromatic N) is 1. The fourth-order valence-corrected chi connectivity index (χ4v) is 3.70. The Bertz CT molecular complexity index is 863. The van der Waals surface area contributed by atoms with Crippen LogP contribution >= 0.6 is 0 Å². The molecule has 146 valence electrons. The largest absolute Gasteiger partial charge is 0.479 e. The van der Waals surface area contributed by atoms with Crippen LogP contribution in [-0.4, -0.2) is 35.9 Å². The number of piperidine rings is 1. The Kier molecular flexibility index (Phi) is 5.19. The third kappa shape index (κ3) is 3.81. The van der Waals surface area contributed by atoms with Crippen molar-refractivity contribution >= 4 is 23.2 Å². The Morgan fingerprint density at radius 3 is 2.64 bits per heavy atom. The van der Waals surface area contributed by atoms with Crippen LogP contribution in [0, 0.1) is 0 Å². The molecule has 2 N–H and O–H groups in total. The molecule has 4 rings (SSSR count). The van der Waals surface area contributed by atoms with Gasteiger partial charge in [0.15, 0.2) is 6.10 Å². The third-order valence-electron chi connectivity index (χ3n) is 5.27. The minimum atomic E-state index is -0.510. The number of anilines is 2. The molecule has 2 aliphatic rings. The van der Waals surface area contributed by atoms with Gasteiger partial charge >= 0.3 is 0 Å². The molecule has 0 unspecified atom stereocenters. The van der Waals surface area contributed by atoms with E-state index in [4.69, 9.17) is 4.74 Å². The summed E-state index contributed by atoms with van der Waals surface area (Å²) in [6.07, 6.45) is 2.77. The maximum absolute atomic E-state index is 13.3. The van der Waals surface area contributed by atoms with Gasteiger partial charge in [0, 0.05) is 18.8 Å². The molecule has 2 atom stereocenters. The number of ether oxygens (including phenoxy) is 1. The zero-order valence-corrected chi connectivity index (χ0v) is 16.0. The maximum atomic E-state index is 13.3. The molecule has 28 heavy (non-hydrogen) atoms. The number of carbonyl (C=O) groups is 2. The first-order valence-corrected chi connectivity index (χ1v) is 9.83. The summed E-state index contributed by atoms with van der Waals surface area (Å²) in [5.41, 5.74) is 2.30. The molecule has 0 spiro atoms. The van der Waals surface area contributed by atoms with Gasteiger partial charge in [0.1, 0.15) is 11.8 Å². The van der Waals surface area contributed by atoms with Crippen LogP contribution in [0.1, 0.15) is 37.8 Å². The van der Waals surface area contributed by atoms with Gasteiger partial charge in [-0.1, -0.05) is 30.3 Å². The molecule has 0 aromatic heterocycles. The fourth-order valence-electron chi connectivity index (χ4n) is 3.70. The molecule has 1 saturated heterocycles. The Labute approximate surface area is 164 Å². The average molecular weight is 379 g/mol. The summed E-state index contributed by atoms with van der Waals surface area (Å²) in [7, 11) is 0. The van der Waals surface area contributed by atoms with E-state index in [-0.39, 0.29) is 11.8 Å². The smallest absolute Gasteiger partial charge is 0.265 e. The fraction of sp³-hybridized carbons (Fsp3) is 0.364. The van der Waals surface area contributed by atoms with Crippen molar-refractivity contribution < 1.29 is 14.3 Å². The minimum Gasteiger partial charge on any atom is -0.479 e. The number of fused-ring (bicyclic) bond motifs is 1. The minimum absolute atomic E-state index is 0.0810. The van der Waals surface area contributed by atoms with E-state index in [1.165, 1.54) is 6.42 Å². The quantitative estimate of drug-likeness (QED) is 0.852. The van der Waals surface area contributed by atoms with E-state index < -0.39 is 12.1 Å². The molecule has 2 amide bonds. The second kappa shape index (κ2) is 7.92. The number of hydrogen-bond acceptors (Lipinski definition) is 4. The topological polar surface area (TPSA) is 70.7 Å². The van der Waals surface area contributed by atoms with Gasteiger partial charge < -0.3 is 20.3 Å². The van der Waals surface area contributed by atoms with Crippen molar-refractivity contribution in [3.8, 4) is 5.75 Å².